The summed E-state index contributed by atoms with van der Waals surface area (Å²) in [4.78, 5) is 8.79. The predicted molar refractivity (Wildman–Crippen MR) is 139 cm³/mol. The average molecular weight is 490 g/mol. The van der Waals surface area contributed by atoms with Gasteiger partial charge < -0.3 is 19.4 Å². The average Bonchev–Trinajstić information content (AvgIpc) is 3.18. The molecule has 3 aromatic rings. The van der Waals surface area contributed by atoms with Gasteiger partial charge in [-0.2, -0.15) is 0 Å². The topological polar surface area (TPSA) is 65.5 Å². The number of anilines is 2. The number of hydrogen-bond donors (Lipinski definition) is 1. The van der Waals surface area contributed by atoms with Gasteiger partial charge >= 0.3 is 7.12 Å². The van der Waals surface area contributed by atoms with E-state index in [4.69, 9.17) is 25.6 Å². The summed E-state index contributed by atoms with van der Waals surface area (Å²) >= 11 is 6.12. The number of benzene rings is 2. The molecule has 4 fully saturated rings. The number of rotatable bonds is 6. The maximum atomic E-state index is 6.43. The van der Waals surface area contributed by atoms with Crippen LogP contribution in [0.25, 0.3) is 10.9 Å². The van der Waals surface area contributed by atoms with E-state index in [-0.39, 0.29) is 18.8 Å². The van der Waals surface area contributed by atoms with Crippen molar-refractivity contribution in [2.24, 2.45) is 17.3 Å². The molecule has 1 aromatic heterocycles. The van der Waals surface area contributed by atoms with Gasteiger partial charge in [-0.15, -0.1) is 0 Å². The first-order chi connectivity index (χ1) is 16.8. The van der Waals surface area contributed by atoms with Crippen LogP contribution in [0.2, 0.25) is 5.02 Å². The molecule has 180 valence electrons. The maximum Gasteiger partial charge on any atom is 0.486 e. The first-order valence-electron chi connectivity index (χ1n) is 12.2. The third-order valence-corrected chi connectivity index (χ3v) is 8.54. The number of hydrogen-bond acceptors (Lipinski definition) is 6. The molecule has 2 bridgehead atoms. The number of aromatic nitrogens is 2. The molecule has 0 unspecified atom stereocenters. The minimum Gasteiger partial charge on any atom is -0.490 e. The van der Waals surface area contributed by atoms with Crippen LogP contribution in [0.15, 0.2) is 60.8 Å². The van der Waals surface area contributed by atoms with Crippen LogP contribution in [0.1, 0.15) is 33.6 Å². The molecule has 35 heavy (non-hydrogen) atoms. The highest BCUT2D eigenvalue weighted by Gasteiger charge is 2.67. The Labute approximate surface area is 211 Å². The van der Waals surface area contributed by atoms with Gasteiger partial charge in [0.15, 0.2) is 0 Å². The number of fused-ring (bicyclic) bond motifs is 1. The van der Waals surface area contributed by atoms with Crippen LogP contribution in [-0.2, 0) is 9.31 Å². The van der Waals surface area contributed by atoms with E-state index in [9.17, 15) is 0 Å². The molecule has 2 heterocycles. The molecule has 4 atom stereocenters. The van der Waals surface area contributed by atoms with Gasteiger partial charge in [0.05, 0.1) is 17.2 Å². The highest BCUT2D eigenvalue weighted by atomic mass is 35.5. The summed E-state index contributed by atoms with van der Waals surface area (Å²) < 4.78 is 18.7. The molecular formula is C27H29BClN3O3. The third kappa shape index (κ3) is 4.00. The van der Waals surface area contributed by atoms with Gasteiger partial charge in [0.1, 0.15) is 24.5 Å². The van der Waals surface area contributed by atoms with Crippen molar-refractivity contribution >= 4 is 41.1 Å². The van der Waals surface area contributed by atoms with Gasteiger partial charge in [-0.25, -0.2) is 9.97 Å². The first-order valence-corrected chi connectivity index (χ1v) is 12.6. The molecule has 7 rings (SSSR count). The second-order valence-electron chi connectivity index (χ2n) is 10.6. The SMILES string of the molecule is CC1(C)[C@@H]2C[C@H]3OB(/C=C/COc4ccc5ncnc(Nc6cccc(Cl)c6)c5c4)O[C@@]3(C)[C@H]1C2. The van der Waals surface area contributed by atoms with Crippen LogP contribution in [-0.4, -0.2) is 35.4 Å². The highest BCUT2D eigenvalue weighted by molar-refractivity contribution is 6.51. The molecule has 4 aliphatic rings. The Bertz CT molecular complexity index is 1300. The zero-order valence-electron chi connectivity index (χ0n) is 20.2. The van der Waals surface area contributed by atoms with Crippen LogP contribution in [0.5, 0.6) is 5.75 Å². The molecule has 1 saturated heterocycles. The molecule has 0 amide bonds. The van der Waals surface area contributed by atoms with E-state index in [1.807, 2.05) is 54.5 Å². The van der Waals surface area contributed by atoms with Crippen molar-refractivity contribution in [3.63, 3.8) is 0 Å². The van der Waals surface area contributed by atoms with E-state index in [1.54, 1.807) is 6.33 Å². The van der Waals surface area contributed by atoms with Crippen molar-refractivity contribution in [1.82, 2.24) is 9.97 Å². The summed E-state index contributed by atoms with van der Waals surface area (Å²) in [5.41, 5.74) is 1.84. The Kier molecular flexibility index (Phi) is 5.55. The lowest BCUT2D eigenvalue weighted by Crippen LogP contribution is -2.65. The van der Waals surface area contributed by atoms with E-state index in [2.05, 4.69) is 36.1 Å². The lowest BCUT2D eigenvalue weighted by atomic mass is 9.43. The first kappa shape index (κ1) is 22.8. The fourth-order valence-corrected chi connectivity index (χ4v) is 6.41. The van der Waals surface area contributed by atoms with E-state index in [0.717, 1.165) is 34.7 Å². The standard InChI is InChI=1S/C27H29BClN3O3/c1-26(2)17-12-23(26)27(3)24(13-17)34-28(35-27)10-5-11-33-20-8-9-22-21(15-20)25(31-16-30-22)32-19-7-4-6-18(29)14-19/h4-10,14-17,23-24H,11-13H2,1-3H3,(H,30,31,32)/b10-5+/t17-,23-,24+,27-/m0/s1. The lowest BCUT2D eigenvalue weighted by Gasteiger charge is -2.64. The van der Waals surface area contributed by atoms with Crippen molar-refractivity contribution in [3.05, 3.63) is 65.9 Å². The molecule has 1 aliphatic heterocycles. The van der Waals surface area contributed by atoms with E-state index in [0.29, 0.717) is 28.8 Å². The smallest absolute Gasteiger partial charge is 0.486 e. The molecule has 3 aliphatic carbocycles. The summed E-state index contributed by atoms with van der Waals surface area (Å²) in [5, 5.41) is 4.85. The Balaban J connectivity index is 1.11. The van der Waals surface area contributed by atoms with Crippen molar-refractivity contribution in [1.29, 1.82) is 0 Å². The molecule has 6 nitrogen and oxygen atoms in total. The molecule has 2 aromatic carbocycles. The Morgan fingerprint density at radius 2 is 2.06 bits per heavy atom. The number of halogens is 1. The second kappa shape index (κ2) is 8.51. The van der Waals surface area contributed by atoms with E-state index >= 15 is 0 Å². The van der Waals surface area contributed by atoms with Gasteiger partial charge in [0.25, 0.3) is 0 Å². The number of nitrogens with one attached hydrogen (secondary N) is 1. The number of ether oxygens (including phenoxy) is 1. The molecule has 1 N–H and O–H groups in total. The molecule has 0 radical (unpaired) electrons. The number of nitrogens with zero attached hydrogens (tertiary/aromatic N) is 2. The van der Waals surface area contributed by atoms with Crippen molar-refractivity contribution in [3.8, 4) is 5.75 Å². The van der Waals surface area contributed by atoms with Crippen LogP contribution in [0, 0.1) is 17.3 Å². The van der Waals surface area contributed by atoms with Crippen molar-refractivity contribution < 1.29 is 14.0 Å². The quantitative estimate of drug-likeness (QED) is 0.414. The monoisotopic (exact) mass is 489 g/mol. The maximum absolute atomic E-state index is 6.43. The van der Waals surface area contributed by atoms with Gasteiger partial charge in [-0.3, -0.25) is 0 Å². The fourth-order valence-electron chi connectivity index (χ4n) is 6.22. The lowest BCUT2D eigenvalue weighted by molar-refractivity contribution is -0.199. The summed E-state index contributed by atoms with van der Waals surface area (Å²) in [5.74, 6) is 4.72. The predicted octanol–water partition coefficient (Wildman–Crippen LogP) is 6.23. The zero-order valence-corrected chi connectivity index (χ0v) is 21.0. The normalized spacial score (nSPS) is 28.7. The minimum atomic E-state index is -0.317. The third-order valence-electron chi connectivity index (χ3n) is 8.30. The van der Waals surface area contributed by atoms with E-state index < -0.39 is 0 Å². The molecule has 3 saturated carbocycles. The summed E-state index contributed by atoms with van der Waals surface area (Å²) in [6, 6.07) is 13.3. The Morgan fingerprint density at radius 1 is 1.17 bits per heavy atom. The molecular weight excluding hydrogens is 461 g/mol. The van der Waals surface area contributed by atoms with Crippen molar-refractivity contribution in [2.75, 3.05) is 11.9 Å². The largest absolute Gasteiger partial charge is 0.490 e. The van der Waals surface area contributed by atoms with Gasteiger partial charge in [0, 0.05) is 16.1 Å². The van der Waals surface area contributed by atoms with Crippen LogP contribution >= 0.6 is 11.6 Å². The fraction of sp³-hybridized carbons (Fsp3) is 0.407. The van der Waals surface area contributed by atoms with Gasteiger partial charge in [-0.05, 0) is 73.4 Å². The van der Waals surface area contributed by atoms with E-state index in [1.165, 1.54) is 6.42 Å². The van der Waals surface area contributed by atoms with Crippen LogP contribution < -0.4 is 10.1 Å². The summed E-state index contributed by atoms with van der Waals surface area (Å²) in [7, 11) is -0.317. The Hall–Kier alpha value is -2.61. The van der Waals surface area contributed by atoms with Crippen molar-refractivity contribution in [2.45, 2.75) is 45.3 Å². The summed E-state index contributed by atoms with van der Waals surface area (Å²) in [6.45, 7) is 7.39. The molecule has 0 spiro atoms. The van der Waals surface area contributed by atoms with Crippen LogP contribution in [0.4, 0.5) is 11.5 Å². The Morgan fingerprint density at radius 3 is 2.89 bits per heavy atom. The van der Waals surface area contributed by atoms with Crippen LogP contribution in [0.3, 0.4) is 0 Å². The molecule has 8 heteroatoms. The zero-order chi connectivity index (χ0) is 24.2. The summed E-state index contributed by atoms with van der Waals surface area (Å²) in [6.07, 6.45) is 6.04. The second-order valence-corrected chi connectivity index (χ2v) is 11.0. The van der Waals surface area contributed by atoms with Gasteiger partial charge in [-0.1, -0.05) is 43.6 Å². The van der Waals surface area contributed by atoms with Gasteiger partial charge in [0.2, 0.25) is 0 Å². The minimum absolute atomic E-state index is 0.181. The highest BCUT2D eigenvalue weighted by Crippen LogP contribution is 2.65.